The zero-order valence-corrected chi connectivity index (χ0v) is 10.2. The summed E-state index contributed by atoms with van der Waals surface area (Å²) in [5, 5.41) is 2.92. The number of aromatic nitrogens is 2. The van der Waals surface area contributed by atoms with Gasteiger partial charge >= 0.3 is 0 Å². The van der Waals surface area contributed by atoms with E-state index in [1.165, 1.54) is 0 Å². The van der Waals surface area contributed by atoms with Crippen LogP contribution in [0.25, 0.3) is 0 Å². The molecule has 1 heterocycles. The molecule has 1 aromatic carbocycles. The lowest BCUT2D eigenvalue weighted by Crippen LogP contribution is -2.13. The second-order valence-electron chi connectivity index (χ2n) is 3.96. The minimum atomic E-state index is -0.484. The maximum atomic E-state index is 13.4. The summed E-state index contributed by atoms with van der Waals surface area (Å²) in [4.78, 5) is 8.01. The van der Waals surface area contributed by atoms with Gasteiger partial charge in [-0.2, -0.15) is 4.98 Å². The van der Waals surface area contributed by atoms with E-state index in [1.807, 2.05) is 0 Å². The number of aryl methyl sites for hydroxylation is 1. The van der Waals surface area contributed by atoms with Gasteiger partial charge in [-0.15, -0.1) is 0 Å². The highest BCUT2D eigenvalue weighted by atomic mass is 19.1. The van der Waals surface area contributed by atoms with Gasteiger partial charge in [0.2, 0.25) is 5.95 Å². The molecule has 0 saturated carbocycles. The lowest BCUT2D eigenvalue weighted by molar-refractivity contribution is 0.587. The Kier molecular flexibility index (Phi) is 3.86. The van der Waals surface area contributed by atoms with Crippen molar-refractivity contribution in [1.82, 2.24) is 9.97 Å². The Morgan fingerprint density at radius 2 is 2.11 bits per heavy atom. The fourth-order valence-corrected chi connectivity index (χ4v) is 1.55. The summed E-state index contributed by atoms with van der Waals surface area (Å²) in [6.07, 6.45) is 1.58. The van der Waals surface area contributed by atoms with Crippen molar-refractivity contribution < 1.29 is 8.78 Å². The van der Waals surface area contributed by atoms with Crippen LogP contribution >= 0.6 is 0 Å². The Hall–Kier alpha value is -2.28. The van der Waals surface area contributed by atoms with Crippen molar-refractivity contribution in [3.05, 3.63) is 47.2 Å². The molecule has 0 fully saturated rings. The van der Waals surface area contributed by atoms with E-state index in [9.17, 15) is 8.78 Å². The number of anilines is 2. The molecule has 0 aliphatic rings. The van der Waals surface area contributed by atoms with Gasteiger partial charge in [-0.3, -0.25) is 5.43 Å². The normalized spacial score (nSPS) is 10.3. The van der Waals surface area contributed by atoms with Crippen LogP contribution < -0.4 is 16.6 Å². The molecule has 0 bridgehead atoms. The first kappa shape index (κ1) is 13.2. The van der Waals surface area contributed by atoms with E-state index in [2.05, 4.69) is 20.7 Å². The smallest absolute Gasteiger partial charge is 0.239 e. The summed E-state index contributed by atoms with van der Waals surface area (Å²) in [5.74, 6) is 5.00. The van der Waals surface area contributed by atoms with E-state index < -0.39 is 11.6 Å². The van der Waals surface area contributed by atoms with E-state index in [4.69, 9.17) is 5.84 Å². The topological polar surface area (TPSA) is 75.9 Å². The number of hydrogen-bond donors (Lipinski definition) is 3. The lowest BCUT2D eigenvalue weighted by Gasteiger charge is -2.10. The summed E-state index contributed by atoms with van der Waals surface area (Å²) in [6.45, 7) is 1.91. The second-order valence-corrected chi connectivity index (χ2v) is 3.96. The quantitative estimate of drug-likeness (QED) is 0.582. The third-order valence-electron chi connectivity index (χ3n) is 2.55. The average molecular weight is 265 g/mol. The van der Waals surface area contributed by atoms with Crippen LogP contribution in [-0.2, 0) is 6.54 Å². The highest BCUT2D eigenvalue weighted by Crippen LogP contribution is 2.15. The largest absolute Gasteiger partial charge is 0.365 e. The van der Waals surface area contributed by atoms with Crippen molar-refractivity contribution in [3.8, 4) is 0 Å². The molecule has 0 atom stereocenters. The van der Waals surface area contributed by atoms with E-state index in [0.29, 0.717) is 5.82 Å². The Morgan fingerprint density at radius 1 is 1.32 bits per heavy atom. The van der Waals surface area contributed by atoms with E-state index >= 15 is 0 Å². The van der Waals surface area contributed by atoms with Gasteiger partial charge in [0, 0.05) is 23.9 Å². The van der Waals surface area contributed by atoms with E-state index in [-0.39, 0.29) is 18.1 Å². The summed E-state index contributed by atoms with van der Waals surface area (Å²) >= 11 is 0. The van der Waals surface area contributed by atoms with Crippen molar-refractivity contribution in [1.29, 1.82) is 0 Å². The number of halogens is 2. The van der Waals surface area contributed by atoms with Crippen LogP contribution in [0.1, 0.15) is 11.1 Å². The number of nitrogen functional groups attached to an aromatic ring is 1. The summed E-state index contributed by atoms with van der Waals surface area (Å²) in [6, 6.07) is 3.30. The monoisotopic (exact) mass is 265 g/mol. The van der Waals surface area contributed by atoms with E-state index in [0.717, 1.165) is 23.8 Å². The molecule has 5 nitrogen and oxygen atoms in total. The number of nitrogens with zero attached hydrogens (tertiary/aromatic N) is 2. The molecular formula is C12H13F2N5. The third kappa shape index (κ3) is 3.14. The van der Waals surface area contributed by atoms with Crippen LogP contribution in [0.4, 0.5) is 20.5 Å². The van der Waals surface area contributed by atoms with Gasteiger partial charge in [0.05, 0.1) is 0 Å². The van der Waals surface area contributed by atoms with Crippen LogP contribution in [0.15, 0.2) is 24.4 Å². The van der Waals surface area contributed by atoms with Gasteiger partial charge < -0.3 is 5.32 Å². The molecule has 0 unspecified atom stereocenters. The van der Waals surface area contributed by atoms with Gasteiger partial charge in [-0.1, -0.05) is 0 Å². The number of benzene rings is 1. The van der Waals surface area contributed by atoms with Crippen LogP contribution in [0.5, 0.6) is 0 Å². The molecule has 0 aliphatic heterocycles. The molecule has 0 spiro atoms. The molecule has 2 aromatic rings. The van der Waals surface area contributed by atoms with Crippen LogP contribution in [0.3, 0.4) is 0 Å². The zero-order chi connectivity index (χ0) is 13.8. The standard InChI is InChI=1S/C12H13F2N5/c1-7-5-17-12(19-15)18-11(7)16-6-8-4-9(13)2-3-10(8)14/h2-5H,6,15H2,1H3,(H2,16,17,18,19). The van der Waals surface area contributed by atoms with Crippen molar-refractivity contribution in [2.75, 3.05) is 10.7 Å². The predicted molar refractivity (Wildman–Crippen MR) is 68.3 cm³/mol. The SMILES string of the molecule is Cc1cnc(NN)nc1NCc1cc(F)ccc1F. The first-order chi connectivity index (χ1) is 9.10. The van der Waals surface area contributed by atoms with Crippen molar-refractivity contribution in [3.63, 3.8) is 0 Å². The van der Waals surface area contributed by atoms with Gasteiger partial charge in [-0.05, 0) is 25.1 Å². The Morgan fingerprint density at radius 3 is 2.84 bits per heavy atom. The first-order valence-electron chi connectivity index (χ1n) is 5.58. The molecule has 4 N–H and O–H groups in total. The van der Waals surface area contributed by atoms with Crippen molar-refractivity contribution >= 4 is 11.8 Å². The molecule has 0 radical (unpaired) electrons. The average Bonchev–Trinajstić information content (AvgIpc) is 2.41. The van der Waals surface area contributed by atoms with Crippen LogP contribution in [0.2, 0.25) is 0 Å². The summed E-state index contributed by atoms with van der Waals surface area (Å²) in [7, 11) is 0. The molecule has 1 aromatic heterocycles. The molecule has 0 aliphatic carbocycles. The number of nitrogens with one attached hydrogen (secondary N) is 2. The Bertz CT molecular complexity index is 588. The van der Waals surface area contributed by atoms with Crippen LogP contribution in [0, 0.1) is 18.6 Å². The number of rotatable bonds is 4. The summed E-state index contributed by atoms with van der Waals surface area (Å²) in [5.41, 5.74) is 3.31. The van der Waals surface area contributed by atoms with Crippen LogP contribution in [-0.4, -0.2) is 9.97 Å². The van der Waals surface area contributed by atoms with E-state index in [1.54, 1.807) is 13.1 Å². The van der Waals surface area contributed by atoms with Crippen molar-refractivity contribution in [2.24, 2.45) is 5.84 Å². The Balaban J connectivity index is 2.16. The lowest BCUT2D eigenvalue weighted by atomic mass is 10.2. The molecule has 2 rings (SSSR count). The minimum Gasteiger partial charge on any atom is -0.365 e. The van der Waals surface area contributed by atoms with Gasteiger partial charge in [-0.25, -0.2) is 19.6 Å². The fraction of sp³-hybridized carbons (Fsp3) is 0.167. The van der Waals surface area contributed by atoms with Crippen molar-refractivity contribution in [2.45, 2.75) is 13.5 Å². The maximum absolute atomic E-state index is 13.4. The number of nitrogens with two attached hydrogens (primary N) is 1. The molecule has 0 amide bonds. The fourth-order valence-electron chi connectivity index (χ4n) is 1.55. The number of hydrogen-bond acceptors (Lipinski definition) is 5. The molecule has 100 valence electrons. The molecule has 7 heteroatoms. The minimum absolute atomic E-state index is 0.117. The summed E-state index contributed by atoms with van der Waals surface area (Å²) < 4.78 is 26.5. The third-order valence-corrected chi connectivity index (χ3v) is 2.55. The van der Waals surface area contributed by atoms with Gasteiger partial charge in [0.25, 0.3) is 0 Å². The second kappa shape index (κ2) is 5.57. The Labute approximate surface area is 108 Å². The predicted octanol–water partition coefficient (Wildman–Crippen LogP) is 1.96. The highest BCUT2D eigenvalue weighted by molar-refractivity contribution is 5.46. The molecule has 0 saturated heterocycles. The highest BCUT2D eigenvalue weighted by Gasteiger charge is 2.06. The molecule has 19 heavy (non-hydrogen) atoms. The van der Waals surface area contributed by atoms with Gasteiger partial charge in [0.1, 0.15) is 17.5 Å². The number of hydrazine groups is 1. The first-order valence-corrected chi connectivity index (χ1v) is 5.58. The maximum Gasteiger partial charge on any atom is 0.239 e. The zero-order valence-electron chi connectivity index (χ0n) is 10.2. The van der Waals surface area contributed by atoms with Gasteiger partial charge in [0.15, 0.2) is 0 Å². The molecular weight excluding hydrogens is 252 g/mol.